The van der Waals surface area contributed by atoms with E-state index in [0.29, 0.717) is 6.42 Å². The Bertz CT molecular complexity index is 393. The summed E-state index contributed by atoms with van der Waals surface area (Å²) in [5.41, 5.74) is 0.914. The average molecular weight is 266 g/mol. The van der Waals surface area contributed by atoms with Crippen molar-refractivity contribution in [2.24, 2.45) is 0 Å². The summed E-state index contributed by atoms with van der Waals surface area (Å²) in [4.78, 5) is 8.65. The predicted molar refractivity (Wildman–Crippen MR) is 79.6 cm³/mol. The van der Waals surface area contributed by atoms with Crippen LogP contribution in [0.15, 0.2) is 6.33 Å². The van der Waals surface area contributed by atoms with Crippen molar-refractivity contribution in [3.63, 3.8) is 0 Å². The molecule has 0 aromatic carbocycles. The average Bonchev–Trinajstić information content (AvgIpc) is 2.35. The third-order valence-corrected chi connectivity index (χ3v) is 3.03. The summed E-state index contributed by atoms with van der Waals surface area (Å²) in [6.07, 6.45) is 4.18. The summed E-state index contributed by atoms with van der Waals surface area (Å²) in [5, 5.41) is 15.8. The molecule has 5 nitrogen and oxygen atoms in total. The second-order valence-corrected chi connectivity index (χ2v) is 5.31. The summed E-state index contributed by atoms with van der Waals surface area (Å²) >= 11 is 0. The highest BCUT2D eigenvalue weighted by Gasteiger charge is 2.20. The molecule has 0 radical (unpaired) electrons. The van der Waals surface area contributed by atoms with Crippen LogP contribution in [0.3, 0.4) is 0 Å². The molecular weight excluding hydrogens is 240 g/mol. The van der Waals surface area contributed by atoms with Gasteiger partial charge in [-0.15, -0.1) is 0 Å². The summed E-state index contributed by atoms with van der Waals surface area (Å²) in [6, 6.07) is 0. The summed E-state index contributed by atoms with van der Waals surface area (Å²) in [6.45, 7) is 9.41. The minimum atomic E-state index is -0.185. The van der Waals surface area contributed by atoms with Crippen molar-refractivity contribution in [2.75, 3.05) is 23.8 Å². The first-order valence-electron chi connectivity index (χ1n) is 7.00. The van der Waals surface area contributed by atoms with E-state index in [1.165, 1.54) is 0 Å². The molecule has 19 heavy (non-hydrogen) atoms. The van der Waals surface area contributed by atoms with Crippen LogP contribution in [0.2, 0.25) is 0 Å². The van der Waals surface area contributed by atoms with E-state index in [-0.39, 0.29) is 12.1 Å². The van der Waals surface area contributed by atoms with Gasteiger partial charge in [0.2, 0.25) is 0 Å². The van der Waals surface area contributed by atoms with Gasteiger partial charge >= 0.3 is 0 Å². The molecule has 3 N–H and O–H groups in total. The lowest BCUT2D eigenvalue weighted by atomic mass is 10.0. The summed E-state index contributed by atoms with van der Waals surface area (Å²) < 4.78 is 0. The van der Waals surface area contributed by atoms with Gasteiger partial charge in [-0.05, 0) is 33.1 Å². The first kappa shape index (κ1) is 15.7. The molecule has 1 heterocycles. The summed E-state index contributed by atoms with van der Waals surface area (Å²) in [7, 11) is 0. The third kappa shape index (κ3) is 4.67. The molecule has 0 amide bonds. The largest absolute Gasteiger partial charge is 0.396 e. The molecule has 0 fully saturated rings. The lowest BCUT2D eigenvalue weighted by Crippen LogP contribution is -2.33. The minimum absolute atomic E-state index is 0.160. The molecule has 5 heteroatoms. The van der Waals surface area contributed by atoms with Gasteiger partial charge < -0.3 is 15.7 Å². The second-order valence-electron chi connectivity index (χ2n) is 5.31. The van der Waals surface area contributed by atoms with Crippen LogP contribution < -0.4 is 10.6 Å². The quantitative estimate of drug-likeness (QED) is 0.674. The van der Waals surface area contributed by atoms with Gasteiger partial charge in [0.25, 0.3) is 0 Å². The van der Waals surface area contributed by atoms with Gasteiger partial charge in [0.05, 0.1) is 0 Å². The molecule has 1 rings (SSSR count). The highest BCUT2D eigenvalue weighted by Crippen LogP contribution is 2.24. The lowest BCUT2D eigenvalue weighted by Gasteiger charge is -2.27. The van der Waals surface area contributed by atoms with Gasteiger partial charge in [-0.25, -0.2) is 9.97 Å². The van der Waals surface area contributed by atoms with E-state index < -0.39 is 0 Å². The van der Waals surface area contributed by atoms with Crippen LogP contribution in [-0.4, -0.2) is 33.8 Å². The van der Waals surface area contributed by atoms with Crippen molar-refractivity contribution in [1.82, 2.24) is 9.97 Å². The number of rotatable bonds is 8. The van der Waals surface area contributed by atoms with E-state index in [0.717, 1.165) is 36.6 Å². The van der Waals surface area contributed by atoms with Crippen LogP contribution >= 0.6 is 0 Å². The molecule has 1 aromatic rings. The Morgan fingerprint density at radius 1 is 1.21 bits per heavy atom. The van der Waals surface area contributed by atoms with Crippen molar-refractivity contribution in [1.29, 1.82) is 0 Å². The Morgan fingerprint density at radius 2 is 1.89 bits per heavy atom. The fourth-order valence-electron chi connectivity index (χ4n) is 1.91. The standard InChI is InChI=1S/C14H26N4O/c1-5-8-15-12-11(6-2)13(17-10-16-12)18-14(3,4)7-9-19/h10,19H,5-9H2,1-4H3,(H2,15,16,17,18). The van der Waals surface area contributed by atoms with E-state index >= 15 is 0 Å². The number of nitrogens with zero attached hydrogens (tertiary/aromatic N) is 2. The maximum Gasteiger partial charge on any atom is 0.135 e. The number of hydrogen-bond acceptors (Lipinski definition) is 5. The SMILES string of the molecule is CCCNc1ncnc(NC(C)(C)CCO)c1CC. The van der Waals surface area contributed by atoms with E-state index in [2.05, 4.69) is 48.3 Å². The molecule has 0 aliphatic rings. The number of aromatic nitrogens is 2. The fraction of sp³-hybridized carbons (Fsp3) is 0.714. The van der Waals surface area contributed by atoms with E-state index in [1.54, 1.807) is 6.33 Å². The molecule has 0 bridgehead atoms. The molecule has 0 atom stereocenters. The van der Waals surface area contributed by atoms with Crippen molar-refractivity contribution in [3.05, 3.63) is 11.9 Å². The number of nitrogens with one attached hydrogen (secondary N) is 2. The molecule has 0 saturated heterocycles. The normalized spacial score (nSPS) is 11.4. The molecule has 0 unspecified atom stereocenters. The van der Waals surface area contributed by atoms with Crippen LogP contribution in [0.5, 0.6) is 0 Å². The van der Waals surface area contributed by atoms with Crippen molar-refractivity contribution in [2.45, 2.75) is 52.5 Å². The smallest absolute Gasteiger partial charge is 0.135 e. The van der Waals surface area contributed by atoms with Crippen LogP contribution in [-0.2, 0) is 6.42 Å². The van der Waals surface area contributed by atoms with E-state index in [9.17, 15) is 0 Å². The fourth-order valence-corrected chi connectivity index (χ4v) is 1.91. The van der Waals surface area contributed by atoms with Crippen molar-refractivity contribution < 1.29 is 5.11 Å². The summed E-state index contributed by atoms with van der Waals surface area (Å²) in [5.74, 6) is 1.76. The van der Waals surface area contributed by atoms with Gasteiger partial charge in [0, 0.05) is 24.3 Å². The Hall–Kier alpha value is -1.36. The zero-order valence-corrected chi connectivity index (χ0v) is 12.5. The molecule has 0 saturated carbocycles. The lowest BCUT2D eigenvalue weighted by molar-refractivity contribution is 0.260. The van der Waals surface area contributed by atoms with Gasteiger partial charge in [0.1, 0.15) is 18.0 Å². The van der Waals surface area contributed by atoms with E-state index in [4.69, 9.17) is 5.11 Å². The van der Waals surface area contributed by atoms with Crippen LogP contribution in [0.4, 0.5) is 11.6 Å². The number of aliphatic hydroxyl groups excluding tert-OH is 1. The third-order valence-electron chi connectivity index (χ3n) is 3.03. The number of aliphatic hydroxyl groups is 1. The van der Waals surface area contributed by atoms with Crippen molar-refractivity contribution in [3.8, 4) is 0 Å². The minimum Gasteiger partial charge on any atom is -0.396 e. The topological polar surface area (TPSA) is 70.1 Å². The molecular formula is C14H26N4O. The maximum absolute atomic E-state index is 9.09. The highest BCUT2D eigenvalue weighted by molar-refractivity contribution is 5.58. The van der Waals surface area contributed by atoms with Crippen molar-refractivity contribution >= 4 is 11.6 Å². The Labute approximate surface area is 115 Å². The Kier molecular flexibility index (Phi) is 6.02. The monoisotopic (exact) mass is 266 g/mol. The van der Waals surface area contributed by atoms with Crippen LogP contribution in [0.1, 0.15) is 46.1 Å². The molecule has 0 aliphatic carbocycles. The van der Waals surface area contributed by atoms with Crippen LogP contribution in [0, 0.1) is 0 Å². The molecule has 108 valence electrons. The second kappa shape index (κ2) is 7.28. The highest BCUT2D eigenvalue weighted by atomic mass is 16.3. The molecule has 0 spiro atoms. The maximum atomic E-state index is 9.09. The predicted octanol–water partition coefficient (Wildman–Crippen LogP) is 2.43. The number of anilines is 2. The van der Waals surface area contributed by atoms with Crippen LogP contribution in [0.25, 0.3) is 0 Å². The first-order chi connectivity index (χ1) is 9.04. The molecule has 0 aliphatic heterocycles. The zero-order chi connectivity index (χ0) is 14.3. The Balaban J connectivity index is 2.94. The molecule has 1 aromatic heterocycles. The van der Waals surface area contributed by atoms with Gasteiger partial charge in [-0.2, -0.15) is 0 Å². The first-order valence-corrected chi connectivity index (χ1v) is 7.00. The Morgan fingerprint density at radius 3 is 2.47 bits per heavy atom. The van der Waals surface area contributed by atoms with Gasteiger partial charge in [-0.3, -0.25) is 0 Å². The van der Waals surface area contributed by atoms with Gasteiger partial charge in [-0.1, -0.05) is 13.8 Å². The number of hydrogen-bond donors (Lipinski definition) is 3. The zero-order valence-electron chi connectivity index (χ0n) is 12.5. The van der Waals surface area contributed by atoms with Gasteiger partial charge in [0.15, 0.2) is 0 Å². The van der Waals surface area contributed by atoms with E-state index in [1.807, 2.05) is 0 Å².